The lowest BCUT2D eigenvalue weighted by Crippen LogP contribution is -2.32. The highest BCUT2D eigenvalue weighted by molar-refractivity contribution is 5.39. The molecule has 2 rings (SSSR count). The van der Waals surface area contributed by atoms with Crippen molar-refractivity contribution in [2.75, 3.05) is 7.11 Å². The van der Waals surface area contributed by atoms with E-state index in [1.54, 1.807) is 19.2 Å². The molecule has 0 aromatic heterocycles. The van der Waals surface area contributed by atoms with Gasteiger partial charge in [0.15, 0.2) is 0 Å². The maximum absolute atomic E-state index is 9.90. The molecule has 3 nitrogen and oxygen atoms in total. The summed E-state index contributed by atoms with van der Waals surface area (Å²) in [7, 11) is 1.65. The zero-order valence-corrected chi connectivity index (χ0v) is 12.7. The van der Waals surface area contributed by atoms with Crippen molar-refractivity contribution in [3.63, 3.8) is 0 Å². The van der Waals surface area contributed by atoms with Gasteiger partial charge in [-0.2, -0.15) is 0 Å². The Morgan fingerprint density at radius 3 is 2.60 bits per heavy atom. The summed E-state index contributed by atoms with van der Waals surface area (Å²) < 4.78 is 5.21. The minimum absolute atomic E-state index is 0.339. The number of benzene rings is 1. The number of ether oxygens (including phenoxy) is 1. The SMILES string of the molecule is COc1ccc(O)c(CN[C@@H](C)C2CCCCCC2)c1. The van der Waals surface area contributed by atoms with E-state index in [-0.39, 0.29) is 0 Å². The number of phenolic OH excluding ortho intramolecular Hbond substituents is 1. The van der Waals surface area contributed by atoms with E-state index >= 15 is 0 Å². The van der Waals surface area contributed by atoms with Gasteiger partial charge >= 0.3 is 0 Å². The van der Waals surface area contributed by atoms with Gasteiger partial charge in [0.25, 0.3) is 0 Å². The molecule has 0 aliphatic heterocycles. The summed E-state index contributed by atoms with van der Waals surface area (Å²) in [5.74, 6) is 1.90. The quantitative estimate of drug-likeness (QED) is 0.803. The number of aromatic hydroxyl groups is 1. The molecule has 3 heteroatoms. The molecule has 1 fully saturated rings. The van der Waals surface area contributed by atoms with Crippen molar-refractivity contribution in [3.8, 4) is 11.5 Å². The van der Waals surface area contributed by atoms with E-state index in [4.69, 9.17) is 4.74 Å². The minimum Gasteiger partial charge on any atom is -0.508 e. The Morgan fingerprint density at radius 1 is 1.25 bits per heavy atom. The van der Waals surface area contributed by atoms with Crippen LogP contribution >= 0.6 is 0 Å². The predicted molar refractivity (Wildman–Crippen MR) is 82.2 cm³/mol. The highest BCUT2D eigenvalue weighted by Gasteiger charge is 2.18. The molecule has 1 aliphatic carbocycles. The second kappa shape index (κ2) is 7.53. The average Bonchev–Trinajstić information content (AvgIpc) is 2.75. The Hall–Kier alpha value is -1.22. The fourth-order valence-corrected chi connectivity index (χ4v) is 3.08. The maximum Gasteiger partial charge on any atom is 0.120 e. The molecular formula is C17H27NO2. The molecule has 112 valence electrons. The van der Waals surface area contributed by atoms with Gasteiger partial charge in [-0.25, -0.2) is 0 Å². The van der Waals surface area contributed by atoms with Crippen LogP contribution in [-0.4, -0.2) is 18.3 Å². The molecule has 2 N–H and O–H groups in total. The van der Waals surface area contributed by atoms with Crippen molar-refractivity contribution in [1.29, 1.82) is 0 Å². The fourth-order valence-electron chi connectivity index (χ4n) is 3.08. The minimum atomic E-state index is 0.339. The van der Waals surface area contributed by atoms with E-state index in [1.807, 2.05) is 6.07 Å². The van der Waals surface area contributed by atoms with Crippen LogP contribution in [0.15, 0.2) is 18.2 Å². The molecule has 1 saturated carbocycles. The Bertz CT molecular complexity index is 411. The molecule has 0 radical (unpaired) electrons. The lowest BCUT2D eigenvalue weighted by Gasteiger charge is -2.24. The van der Waals surface area contributed by atoms with E-state index in [0.29, 0.717) is 18.3 Å². The van der Waals surface area contributed by atoms with Crippen LogP contribution in [0.2, 0.25) is 0 Å². The monoisotopic (exact) mass is 277 g/mol. The number of methoxy groups -OCH3 is 1. The van der Waals surface area contributed by atoms with Crippen molar-refractivity contribution in [1.82, 2.24) is 5.32 Å². The van der Waals surface area contributed by atoms with Crippen LogP contribution in [0.1, 0.15) is 51.0 Å². The lowest BCUT2D eigenvalue weighted by atomic mass is 9.93. The predicted octanol–water partition coefficient (Wildman–Crippen LogP) is 3.85. The van der Waals surface area contributed by atoms with Gasteiger partial charge in [-0.15, -0.1) is 0 Å². The Morgan fingerprint density at radius 2 is 1.95 bits per heavy atom. The highest BCUT2D eigenvalue weighted by atomic mass is 16.5. The summed E-state index contributed by atoms with van der Waals surface area (Å²) in [6.07, 6.45) is 8.17. The van der Waals surface area contributed by atoms with Crippen LogP contribution in [-0.2, 0) is 6.54 Å². The third-order valence-corrected chi connectivity index (χ3v) is 4.51. The number of hydrogen-bond acceptors (Lipinski definition) is 3. The van der Waals surface area contributed by atoms with Crippen LogP contribution in [0.25, 0.3) is 0 Å². The van der Waals surface area contributed by atoms with Crippen LogP contribution in [0.4, 0.5) is 0 Å². The third kappa shape index (κ3) is 4.14. The normalized spacial score (nSPS) is 18.5. The number of rotatable bonds is 5. The zero-order chi connectivity index (χ0) is 14.4. The smallest absolute Gasteiger partial charge is 0.120 e. The first-order valence-electron chi connectivity index (χ1n) is 7.80. The van der Waals surface area contributed by atoms with Crippen molar-refractivity contribution < 1.29 is 9.84 Å². The van der Waals surface area contributed by atoms with Gasteiger partial charge in [0, 0.05) is 18.2 Å². The van der Waals surface area contributed by atoms with E-state index in [0.717, 1.165) is 17.2 Å². The number of phenols is 1. The first-order valence-corrected chi connectivity index (χ1v) is 7.80. The molecule has 1 aromatic rings. The maximum atomic E-state index is 9.90. The molecule has 0 bridgehead atoms. The summed E-state index contributed by atoms with van der Waals surface area (Å²) in [5, 5.41) is 13.5. The molecule has 0 unspecified atom stereocenters. The van der Waals surface area contributed by atoms with E-state index in [1.165, 1.54) is 38.5 Å². The number of hydrogen-bond donors (Lipinski definition) is 2. The summed E-state index contributed by atoms with van der Waals surface area (Å²) in [6, 6.07) is 5.89. The fraction of sp³-hybridized carbons (Fsp3) is 0.647. The molecule has 0 spiro atoms. The third-order valence-electron chi connectivity index (χ3n) is 4.51. The van der Waals surface area contributed by atoms with Crippen LogP contribution < -0.4 is 10.1 Å². The summed E-state index contributed by atoms with van der Waals surface area (Å²) in [4.78, 5) is 0. The van der Waals surface area contributed by atoms with Gasteiger partial charge in [-0.05, 0) is 43.9 Å². The lowest BCUT2D eigenvalue weighted by molar-refractivity contribution is 0.334. The molecule has 1 atom stereocenters. The van der Waals surface area contributed by atoms with Crippen molar-refractivity contribution >= 4 is 0 Å². The van der Waals surface area contributed by atoms with Crippen molar-refractivity contribution in [2.24, 2.45) is 5.92 Å². The van der Waals surface area contributed by atoms with E-state index in [9.17, 15) is 5.11 Å². The van der Waals surface area contributed by atoms with Crippen molar-refractivity contribution in [2.45, 2.75) is 58.0 Å². The molecular weight excluding hydrogens is 250 g/mol. The van der Waals surface area contributed by atoms with Gasteiger partial charge in [-0.1, -0.05) is 25.7 Å². The summed E-state index contributed by atoms with van der Waals surface area (Å²) in [6.45, 7) is 2.97. The second-order valence-electron chi connectivity index (χ2n) is 5.92. The van der Waals surface area contributed by atoms with E-state index in [2.05, 4.69) is 12.2 Å². The summed E-state index contributed by atoms with van der Waals surface area (Å²) in [5.41, 5.74) is 0.907. The van der Waals surface area contributed by atoms with E-state index < -0.39 is 0 Å². The second-order valence-corrected chi connectivity index (χ2v) is 5.92. The molecule has 0 amide bonds. The topological polar surface area (TPSA) is 41.5 Å². The van der Waals surface area contributed by atoms with Gasteiger partial charge in [0.2, 0.25) is 0 Å². The Balaban J connectivity index is 1.90. The van der Waals surface area contributed by atoms with Gasteiger partial charge < -0.3 is 15.2 Å². The standard InChI is InChI=1S/C17H27NO2/c1-13(14-7-5-3-4-6-8-14)18-12-15-11-16(20-2)9-10-17(15)19/h9-11,13-14,18-19H,3-8,12H2,1-2H3/t13-/m0/s1. The molecule has 1 aliphatic rings. The van der Waals surface area contributed by atoms with Gasteiger partial charge in [-0.3, -0.25) is 0 Å². The average molecular weight is 277 g/mol. The van der Waals surface area contributed by atoms with Crippen molar-refractivity contribution in [3.05, 3.63) is 23.8 Å². The zero-order valence-electron chi connectivity index (χ0n) is 12.7. The summed E-state index contributed by atoms with van der Waals surface area (Å²) >= 11 is 0. The molecule has 0 heterocycles. The largest absolute Gasteiger partial charge is 0.508 e. The molecule has 0 saturated heterocycles. The van der Waals surface area contributed by atoms with Crippen LogP contribution in [0.3, 0.4) is 0 Å². The van der Waals surface area contributed by atoms with Crippen LogP contribution in [0.5, 0.6) is 11.5 Å². The first kappa shape index (κ1) is 15.2. The molecule has 1 aromatic carbocycles. The Kier molecular flexibility index (Phi) is 5.72. The first-order chi connectivity index (χ1) is 9.70. The Labute approximate surface area is 122 Å². The molecule has 20 heavy (non-hydrogen) atoms. The van der Waals surface area contributed by atoms with Crippen LogP contribution in [0, 0.1) is 5.92 Å². The highest BCUT2D eigenvalue weighted by Crippen LogP contribution is 2.27. The van der Waals surface area contributed by atoms with Gasteiger partial charge in [0.1, 0.15) is 11.5 Å². The van der Waals surface area contributed by atoms with Gasteiger partial charge in [0.05, 0.1) is 7.11 Å². The number of nitrogens with one attached hydrogen (secondary N) is 1.